The number of hydrogen-bond donors (Lipinski definition) is 3. The smallest absolute Gasteiger partial charge is 0.222 e. The number of benzene rings is 1. The highest BCUT2D eigenvalue weighted by Crippen LogP contribution is 2.45. The molecule has 43 heavy (non-hydrogen) atoms. The SMILES string of the molecule is C=C(C=O)/C=C(\OC)c1ccc(F)cc1F.CNC1(CC(=O)NC2(c3ccccn3)CC2)CN(C2CCC(C)(O)CC2)C1. The van der Waals surface area contributed by atoms with Crippen LogP contribution in [0.15, 0.2) is 60.8 Å². The van der Waals surface area contributed by atoms with Gasteiger partial charge in [0.1, 0.15) is 23.7 Å². The Hall–Kier alpha value is -3.47. The van der Waals surface area contributed by atoms with Crippen molar-refractivity contribution in [3.63, 3.8) is 0 Å². The van der Waals surface area contributed by atoms with E-state index in [0.717, 1.165) is 69.4 Å². The van der Waals surface area contributed by atoms with E-state index in [9.17, 15) is 23.5 Å². The summed E-state index contributed by atoms with van der Waals surface area (Å²) in [7, 11) is 3.29. The number of allylic oxidation sites excluding steroid dienone is 2. The molecule has 10 heteroatoms. The van der Waals surface area contributed by atoms with Gasteiger partial charge in [0.25, 0.3) is 0 Å². The highest BCUT2D eigenvalue weighted by molar-refractivity contribution is 5.81. The van der Waals surface area contributed by atoms with Crippen LogP contribution in [0, 0.1) is 11.6 Å². The van der Waals surface area contributed by atoms with E-state index in [2.05, 4.69) is 27.1 Å². The lowest BCUT2D eigenvalue weighted by atomic mass is 9.78. The molecule has 2 heterocycles. The molecule has 0 bridgehead atoms. The van der Waals surface area contributed by atoms with E-state index >= 15 is 0 Å². The summed E-state index contributed by atoms with van der Waals surface area (Å²) in [6.45, 7) is 7.16. The molecule has 3 N–H and O–H groups in total. The Bertz CT molecular complexity index is 1330. The molecular weight excluding hydrogens is 554 g/mol. The number of carbonyl (C=O) groups is 2. The number of aldehydes is 1. The summed E-state index contributed by atoms with van der Waals surface area (Å²) in [6, 6.07) is 9.52. The molecule has 1 saturated heterocycles. The van der Waals surface area contributed by atoms with Crippen LogP contribution >= 0.6 is 0 Å². The van der Waals surface area contributed by atoms with E-state index in [-0.39, 0.29) is 33.9 Å². The van der Waals surface area contributed by atoms with Crippen molar-refractivity contribution < 1.29 is 28.2 Å². The van der Waals surface area contributed by atoms with Crippen molar-refractivity contribution in [3.8, 4) is 0 Å². The largest absolute Gasteiger partial charge is 0.496 e. The molecule has 1 amide bonds. The van der Waals surface area contributed by atoms with Gasteiger partial charge in [0.2, 0.25) is 5.91 Å². The molecule has 1 aromatic carbocycles. The number of pyridine rings is 1. The van der Waals surface area contributed by atoms with E-state index in [1.807, 2.05) is 32.2 Å². The van der Waals surface area contributed by atoms with Crippen LogP contribution < -0.4 is 10.6 Å². The first-order chi connectivity index (χ1) is 20.4. The molecule has 1 aliphatic heterocycles. The number of aromatic nitrogens is 1. The Balaban J connectivity index is 0.000000227. The van der Waals surface area contributed by atoms with Gasteiger partial charge in [-0.05, 0) is 82.8 Å². The van der Waals surface area contributed by atoms with E-state index in [1.165, 1.54) is 19.3 Å². The third-order valence-corrected chi connectivity index (χ3v) is 8.76. The molecule has 0 unspecified atom stereocenters. The molecule has 0 atom stereocenters. The van der Waals surface area contributed by atoms with E-state index in [4.69, 9.17) is 4.74 Å². The Morgan fingerprint density at radius 3 is 2.42 bits per heavy atom. The number of aliphatic hydroxyl groups is 1. The van der Waals surface area contributed by atoms with Crippen LogP contribution in [0.5, 0.6) is 0 Å². The zero-order valence-electron chi connectivity index (χ0n) is 25.2. The Labute approximate surface area is 252 Å². The number of likely N-dealkylation sites (N-methyl/N-ethyl adjacent to an activating group) is 1. The van der Waals surface area contributed by atoms with Gasteiger partial charge in [-0.1, -0.05) is 12.6 Å². The van der Waals surface area contributed by atoms with Crippen molar-refractivity contribution in [3.05, 3.63) is 83.7 Å². The van der Waals surface area contributed by atoms with Gasteiger partial charge >= 0.3 is 0 Å². The van der Waals surface area contributed by atoms with Crippen LogP contribution in [-0.4, -0.2) is 71.6 Å². The van der Waals surface area contributed by atoms with Crippen molar-refractivity contribution in [2.24, 2.45) is 0 Å². The fourth-order valence-electron chi connectivity index (χ4n) is 5.91. The molecular formula is C33H42F2N4O4. The maximum absolute atomic E-state index is 13.4. The molecule has 232 valence electrons. The molecule has 5 rings (SSSR count). The molecule has 8 nitrogen and oxygen atoms in total. The number of nitrogens with zero attached hydrogens (tertiary/aromatic N) is 2. The minimum absolute atomic E-state index is 0.0758. The predicted octanol–water partition coefficient (Wildman–Crippen LogP) is 4.25. The van der Waals surface area contributed by atoms with Gasteiger partial charge in [0, 0.05) is 43.4 Å². The van der Waals surface area contributed by atoms with Crippen molar-refractivity contribution in [2.75, 3.05) is 27.2 Å². The summed E-state index contributed by atoms with van der Waals surface area (Å²) < 4.78 is 30.9. The molecule has 2 saturated carbocycles. The topological polar surface area (TPSA) is 104 Å². The summed E-state index contributed by atoms with van der Waals surface area (Å²) in [5.74, 6) is -1.20. The average molecular weight is 597 g/mol. The predicted molar refractivity (Wildman–Crippen MR) is 161 cm³/mol. The van der Waals surface area contributed by atoms with Gasteiger partial charge in [-0.3, -0.25) is 19.5 Å². The number of halogens is 2. The third kappa shape index (κ3) is 8.13. The van der Waals surface area contributed by atoms with Crippen LogP contribution in [-0.2, 0) is 19.9 Å². The number of nitrogens with one attached hydrogen (secondary N) is 2. The molecule has 0 radical (unpaired) electrons. The average Bonchev–Trinajstić information content (AvgIpc) is 3.75. The minimum Gasteiger partial charge on any atom is -0.496 e. The molecule has 1 aromatic heterocycles. The molecule has 2 aromatic rings. The minimum atomic E-state index is -0.758. The maximum Gasteiger partial charge on any atom is 0.222 e. The van der Waals surface area contributed by atoms with Gasteiger partial charge in [0.15, 0.2) is 0 Å². The number of hydrogen-bond acceptors (Lipinski definition) is 7. The summed E-state index contributed by atoms with van der Waals surface area (Å²) in [4.78, 5) is 30.1. The summed E-state index contributed by atoms with van der Waals surface area (Å²) in [5, 5.41) is 16.8. The van der Waals surface area contributed by atoms with Crippen LogP contribution in [0.25, 0.3) is 5.76 Å². The molecule has 3 aliphatic rings. The standard InChI is InChI=1S/C21H32N4O2.C12H10F2O2/c1-19(27)8-6-16(7-9-19)25-14-20(15-25,22-2)13-18(26)24-21(10-11-21)17-5-3-4-12-23-17;1-8(7-15)5-12(16-2)10-4-3-9(13)6-11(10)14/h3-5,12,16,22,27H,6-11,13-15H2,1-2H3,(H,24,26);3-7H,1H2,2H3/b;12-5-. The number of likely N-dealkylation sites (tertiary alicyclic amines) is 1. The Morgan fingerprint density at radius 1 is 1.19 bits per heavy atom. The van der Waals surface area contributed by atoms with Crippen LogP contribution in [0.3, 0.4) is 0 Å². The fraction of sp³-hybridized carbons (Fsp3) is 0.485. The van der Waals surface area contributed by atoms with E-state index in [0.29, 0.717) is 18.7 Å². The number of ether oxygens (including phenoxy) is 1. The van der Waals surface area contributed by atoms with Gasteiger partial charge < -0.3 is 20.5 Å². The van der Waals surface area contributed by atoms with Gasteiger partial charge in [0.05, 0.1) is 35.0 Å². The van der Waals surface area contributed by atoms with Gasteiger partial charge in [-0.2, -0.15) is 0 Å². The summed E-state index contributed by atoms with van der Waals surface area (Å²) >= 11 is 0. The maximum atomic E-state index is 13.4. The number of methoxy groups -OCH3 is 1. The zero-order chi connectivity index (χ0) is 31.3. The summed E-state index contributed by atoms with van der Waals surface area (Å²) in [6.07, 6.45) is 9.85. The number of amides is 1. The van der Waals surface area contributed by atoms with Gasteiger partial charge in [-0.15, -0.1) is 0 Å². The first-order valence-corrected chi connectivity index (χ1v) is 14.7. The molecule has 0 spiro atoms. The lowest BCUT2D eigenvalue weighted by Gasteiger charge is -2.54. The van der Waals surface area contributed by atoms with Crippen molar-refractivity contribution in [1.29, 1.82) is 0 Å². The second-order valence-corrected chi connectivity index (χ2v) is 12.2. The normalized spacial score (nSPS) is 24.0. The van der Waals surface area contributed by atoms with Crippen LogP contribution in [0.1, 0.15) is 63.1 Å². The third-order valence-electron chi connectivity index (χ3n) is 8.76. The van der Waals surface area contributed by atoms with Crippen molar-refractivity contribution in [2.45, 2.75) is 74.6 Å². The number of rotatable bonds is 10. The Morgan fingerprint density at radius 2 is 1.88 bits per heavy atom. The van der Waals surface area contributed by atoms with E-state index < -0.39 is 17.2 Å². The van der Waals surface area contributed by atoms with Crippen LogP contribution in [0.4, 0.5) is 8.78 Å². The number of carbonyl (C=O) groups excluding carboxylic acids is 2. The molecule has 2 aliphatic carbocycles. The van der Waals surface area contributed by atoms with Crippen molar-refractivity contribution >= 4 is 18.0 Å². The first kappa shape index (κ1) is 32.4. The Kier molecular flexibility index (Phi) is 10.1. The van der Waals surface area contributed by atoms with Crippen LogP contribution in [0.2, 0.25) is 0 Å². The fourth-order valence-corrected chi connectivity index (χ4v) is 5.91. The lowest BCUT2D eigenvalue weighted by molar-refractivity contribution is -0.127. The first-order valence-electron chi connectivity index (χ1n) is 14.7. The zero-order valence-corrected chi connectivity index (χ0v) is 25.2. The highest BCUT2D eigenvalue weighted by Gasteiger charge is 2.50. The monoisotopic (exact) mass is 596 g/mol. The molecule has 3 fully saturated rings. The summed E-state index contributed by atoms with van der Waals surface area (Å²) in [5.41, 5.74) is 0.315. The van der Waals surface area contributed by atoms with Crippen molar-refractivity contribution in [1.82, 2.24) is 20.5 Å². The second-order valence-electron chi connectivity index (χ2n) is 12.2. The highest BCUT2D eigenvalue weighted by atomic mass is 19.1. The van der Waals surface area contributed by atoms with E-state index in [1.54, 1.807) is 6.20 Å². The lowest BCUT2D eigenvalue weighted by Crippen LogP contribution is -2.71. The second kappa shape index (κ2) is 13.4. The quantitative estimate of drug-likeness (QED) is 0.163. The van der Waals surface area contributed by atoms with Gasteiger partial charge in [-0.25, -0.2) is 8.78 Å².